The zero-order valence-electron chi connectivity index (χ0n) is 36.6. The highest BCUT2D eigenvalue weighted by molar-refractivity contribution is 6.62. The number of ether oxygens (including phenoxy) is 3. The van der Waals surface area contributed by atoms with E-state index >= 15 is 0 Å². The maximum atomic E-state index is 14.0. The minimum absolute atomic E-state index is 0.131. The van der Waals surface area contributed by atoms with Crippen molar-refractivity contribution >= 4 is 52.7 Å². The number of azide groups is 2. The molecule has 0 atom stereocenters. The number of hydrogen-bond donors (Lipinski definition) is 0. The molecule has 18 nitrogen and oxygen atoms in total. The fraction of sp³-hybridized carbons (Fsp3) is 0.250. The van der Waals surface area contributed by atoms with Crippen LogP contribution in [0.15, 0.2) is 123 Å². The predicted octanol–water partition coefficient (Wildman–Crippen LogP) is 8.72. The number of carbonyl (C=O) groups excluding carboxylic acids is 3. The SMILES string of the molecule is CC1(C)OB(c2ccc(COc3ccc4cc(C(=O)N5CCN(C(=O)c6ccc7c(c6)C(=O)OC76c7ccc(N=[N+]=[N-])cc7Oc7cc(N=[N+]=[N-])ccc76)CC5)c(=O)oc4c3)cc2)OC1(C)C. The van der Waals surface area contributed by atoms with E-state index in [1.807, 2.05) is 52.0 Å². The van der Waals surface area contributed by atoms with Gasteiger partial charge in [0, 0.05) is 81.1 Å². The molecule has 4 aliphatic heterocycles. The molecule has 0 unspecified atom stereocenters. The van der Waals surface area contributed by atoms with Crippen molar-refractivity contribution in [2.45, 2.75) is 51.1 Å². The Morgan fingerprint density at radius 3 is 1.93 bits per heavy atom. The van der Waals surface area contributed by atoms with E-state index in [1.165, 1.54) is 29.2 Å². The quantitative estimate of drug-likeness (QED) is 0.0352. The van der Waals surface area contributed by atoms with Gasteiger partial charge in [-0.25, -0.2) is 9.59 Å². The number of carbonyl (C=O) groups is 3. The van der Waals surface area contributed by atoms with Gasteiger partial charge in [-0.15, -0.1) is 0 Å². The summed E-state index contributed by atoms with van der Waals surface area (Å²) in [5.41, 5.74) is 19.1. The molecule has 2 saturated heterocycles. The van der Waals surface area contributed by atoms with Gasteiger partial charge in [-0.1, -0.05) is 64.8 Å². The first kappa shape index (κ1) is 42.9. The van der Waals surface area contributed by atoms with E-state index in [0.29, 0.717) is 27.8 Å². The molecule has 0 bridgehead atoms. The van der Waals surface area contributed by atoms with E-state index < -0.39 is 41.4 Å². The van der Waals surface area contributed by atoms with Gasteiger partial charge in [-0.05, 0) is 92.2 Å². The Bertz CT molecular complexity index is 3160. The molecule has 2 amide bonds. The van der Waals surface area contributed by atoms with Crippen LogP contribution in [0.2, 0.25) is 0 Å². The smallest absolute Gasteiger partial charge is 0.489 e. The highest BCUT2D eigenvalue weighted by Crippen LogP contribution is 2.57. The second kappa shape index (κ2) is 16.1. The van der Waals surface area contributed by atoms with E-state index in [2.05, 4.69) is 20.1 Å². The lowest BCUT2D eigenvalue weighted by molar-refractivity contribution is 0.00578. The van der Waals surface area contributed by atoms with Gasteiger partial charge in [-0.3, -0.25) is 9.59 Å². The molecule has 10 rings (SSSR count). The van der Waals surface area contributed by atoms with Crippen molar-refractivity contribution in [1.82, 2.24) is 9.80 Å². The van der Waals surface area contributed by atoms with Gasteiger partial charge in [0.15, 0.2) is 5.60 Å². The maximum Gasteiger partial charge on any atom is 0.494 e. The molecule has 0 N–H and O–H groups in total. The van der Waals surface area contributed by atoms with Gasteiger partial charge in [0.25, 0.3) is 11.8 Å². The Labute approximate surface area is 381 Å². The van der Waals surface area contributed by atoms with Crippen LogP contribution in [-0.2, 0) is 26.3 Å². The van der Waals surface area contributed by atoms with E-state index in [4.69, 9.17) is 39.0 Å². The van der Waals surface area contributed by atoms with Gasteiger partial charge in [0.1, 0.15) is 35.0 Å². The second-order valence-electron chi connectivity index (χ2n) is 17.5. The molecule has 334 valence electrons. The third kappa shape index (κ3) is 7.36. The molecule has 0 saturated carbocycles. The number of hydrogen-bond acceptors (Lipinski definition) is 12. The van der Waals surface area contributed by atoms with Crippen LogP contribution in [0.4, 0.5) is 11.4 Å². The zero-order valence-corrected chi connectivity index (χ0v) is 36.6. The lowest BCUT2D eigenvalue weighted by atomic mass is 9.77. The van der Waals surface area contributed by atoms with Crippen LogP contribution in [0.25, 0.3) is 31.9 Å². The predicted molar refractivity (Wildman–Crippen MR) is 243 cm³/mol. The Hall–Kier alpha value is -8.08. The van der Waals surface area contributed by atoms with Crippen molar-refractivity contribution in [2.75, 3.05) is 26.2 Å². The average Bonchev–Trinajstić information content (AvgIpc) is 3.73. The Morgan fingerprint density at radius 1 is 0.716 bits per heavy atom. The molecule has 1 aromatic heterocycles. The molecule has 5 aromatic carbocycles. The third-order valence-electron chi connectivity index (χ3n) is 13.0. The molecule has 67 heavy (non-hydrogen) atoms. The normalized spacial score (nSPS) is 18.5. The Balaban J connectivity index is 0.808. The molecule has 2 fully saturated rings. The van der Waals surface area contributed by atoms with Crippen LogP contribution in [0.1, 0.15) is 81.0 Å². The number of amides is 2. The van der Waals surface area contributed by atoms with E-state index in [0.717, 1.165) is 11.0 Å². The van der Waals surface area contributed by atoms with Crippen molar-refractivity contribution in [3.05, 3.63) is 173 Å². The highest BCUT2D eigenvalue weighted by atomic mass is 16.7. The molecular formula is C48H39BN8O10. The Kier molecular flexibility index (Phi) is 10.3. The van der Waals surface area contributed by atoms with Crippen molar-refractivity contribution in [1.29, 1.82) is 0 Å². The molecule has 1 spiro atoms. The number of rotatable bonds is 8. The zero-order chi connectivity index (χ0) is 46.8. The summed E-state index contributed by atoms with van der Waals surface area (Å²) in [7, 11) is -0.469. The first-order valence-corrected chi connectivity index (χ1v) is 21.4. The van der Waals surface area contributed by atoms with Crippen molar-refractivity contribution < 1.29 is 42.3 Å². The van der Waals surface area contributed by atoms with Gasteiger partial charge in [0.05, 0.1) is 16.8 Å². The third-order valence-corrected chi connectivity index (χ3v) is 13.0. The number of fused-ring (bicyclic) bond motifs is 7. The van der Waals surface area contributed by atoms with Gasteiger partial charge < -0.3 is 37.7 Å². The van der Waals surface area contributed by atoms with E-state index in [-0.39, 0.29) is 83.8 Å². The summed E-state index contributed by atoms with van der Waals surface area (Å²) in [6.07, 6.45) is 0. The minimum Gasteiger partial charge on any atom is -0.489 e. The van der Waals surface area contributed by atoms with Crippen LogP contribution < -0.4 is 20.6 Å². The van der Waals surface area contributed by atoms with Crippen molar-refractivity contribution in [3.8, 4) is 17.2 Å². The minimum atomic E-state index is -1.51. The van der Waals surface area contributed by atoms with Crippen molar-refractivity contribution in [2.24, 2.45) is 10.2 Å². The molecule has 6 aromatic rings. The van der Waals surface area contributed by atoms with Crippen molar-refractivity contribution in [3.63, 3.8) is 0 Å². The Morgan fingerprint density at radius 2 is 1.31 bits per heavy atom. The number of nitrogens with zero attached hydrogens (tertiary/aromatic N) is 8. The average molecular weight is 899 g/mol. The molecule has 4 aliphatic rings. The summed E-state index contributed by atoms with van der Waals surface area (Å²) in [5.74, 6) is -0.592. The monoisotopic (exact) mass is 898 g/mol. The van der Waals surface area contributed by atoms with Gasteiger partial charge in [-0.2, -0.15) is 0 Å². The first-order valence-electron chi connectivity index (χ1n) is 21.4. The summed E-state index contributed by atoms with van der Waals surface area (Å²) in [4.78, 5) is 63.5. The molecule has 19 heteroatoms. The van der Waals surface area contributed by atoms with Crippen LogP contribution in [-0.4, -0.2) is 72.1 Å². The summed E-state index contributed by atoms with van der Waals surface area (Å²) < 4.78 is 36.4. The van der Waals surface area contributed by atoms with Crippen LogP contribution in [0.3, 0.4) is 0 Å². The maximum absolute atomic E-state index is 14.0. The number of piperazine rings is 1. The molecule has 0 radical (unpaired) electrons. The summed E-state index contributed by atoms with van der Waals surface area (Å²) in [6, 6.07) is 28.6. The lowest BCUT2D eigenvalue weighted by Gasteiger charge is -2.36. The summed E-state index contributed by atoms with van der Waals surface area (Å²) >= 11 is 0. The second-order valence-corrected chi connectivity index (χ2v) is 17.5. The van der Waals surface area contributed by atoms with Crippen LogP contribution >= 0.6 is 0 Å². The highest BCUT2D eigenvalue weighted by Gasteiger charge is 2.54. The van der Waals surface area contributed by atoms with E-state index in [1.54, 1.807) is 59.5 Å². The standard InChI is InChI=1S/C48H39BN8O10/c1-46(2)47(3,4)67-49(66-46)30-9-5-27(6-10-30)26-62-33-13-7-28-21-35(44(60)64-39(28)25-33)43(59)57-19-17-56(18-20-57)42(58)29-8-14-36-34(22-29)45(61)65-48(36)37-15-11-31(52-54-50)23-40(37)63-41-24-32(53-55-51)12-16-38(41)48/h5-16,21-25H,17-20,26H2,1-4H3. The van der Waals surface area contributed by atoms with Gasteiger partial charge in [0.2, 0.25) is 0 Å². The summed E-state index contributed by atoms with van der Waals surface area (Å²) in [6.45, 7) is 8.92. The first-order chi connectivity index (χ1) is 32.2. The number of benzene rings is 5. The fourth-order valence-corrected chi connectivity index (χ4v) is 8.78. The van der Waals surface area contributed by atoms with Gasteiger partial charge >= 0.3 is 18.7 Å². The van der Waals surface area contributed by atoms with E-state index in [9.17, 15) is 19.2 Å². The fourth-order valence-electron chi connectivity index (χ4n) is 8.78. The molecular weight excluding hydrogens is 859 g/mol. The number of esters is 1. The topological polar surface area (TPSA) is 232 Å². The largest absolute Gasteiger partial charge is 0.494 e. The lowest BCUT2D eigenvalue weighted by Crippen LogP contribution is -2.51. The molecule has 5 heterocycles. The molecule has 0 aliphatic carbocycles. The van der Waals surface area contributed by atoms with Crippen LogP contribution in [0.5, 0.6) is 17.2 Å². The van der Waals surface area contributed by atoms with Crippen LogP contribution in [0, 0.1) is 0 Å². The summed E-state index contributed by atoms with van der Waals surface area (Å²) in [5, 5.41) is 7.89.